The number of carbonyl (C=O) groups excluding carboxylic acids is 2. The predicted molar refractivity (Wildman–Crippen MR) is 112 cm³/mol. The van der Waals surface area contributed by atoms with Crippen LogP contribution in [0.5, 0.6) is 5.75 Å². The monoisotopic (exact) mass is 405 g/mol. The van der Waals surface area contributed by atoms with Crippen LogP contribution in [-0.4, -0.2) is 50.2 Å². The minimum atomic E-state index is -1.03. The van der Waals surface area contributed by atoms with Crippen molar-refractivity contribution in [3.05, 3.63) is 77.9 Å². The minimum Gasteiger partial charge on any atom is -0.496 e. The van der Waals surface area contributed by atoms with Crippen LogP contribution in [0.2, 0.25) is 0 Å². The molecule has 1 amide bonds. The third kappa shape index (κ3) is 4.14. The van der Waals surface area contributed by atoms with Gasteiger partial charge in [0.2, 0.25) is 6.10 Å². The van der Waals surface area contributed by atoms with Gasteiger partial charge in [-0.15, -0.1) is 0 Å². The van der Waals surface area contributed by atoms with E-state index in [4.69, 9.17) is 14.2 Å². The molecule has 0 unspecified atom stereocenters. The maximum Gasteiger partial charge on any atom is 0.343 e. The first-order valence-corrected chi connectivity index (χ1v) is 9.86. The summed E-state index contributed by atoms with van der Waals surface area (Å²) in [5.74, 6) is -0.449. The summed E-state index contributed by atoms with van der Waals surface area (Å²) in [6.07, 6.45) is -1.03. The molecule has 1 aliphatic heterocycles. The Kier molecular flexibility index (Phi) is 5.95. The first-order valence-electron chi connectivity index (χ1n) is 9.86. The van der Waals surface area contributed by atoms with Crippen LogP contribution >= 0.6 is 0 Å². The average Bonchev–Trinajstić information content (AvgIpc) is 2.82. The van der Waals surface area contributed by atoms with E-state index in [-0.39, 0.29) is 11.5 Å². The molecule has 0 N–H and O–H groups in total. The van der Waals surface area contributed by atoms with Crippen molar-refractivity contribution in [2.45, 2.75) is 6.10 Å². The van der Waals surface area contributed by atoms with E-state index in [2.05, 4.69) is 0 Å². The summed E-state index contributed by atoms with van der Waals surface area (Å²) in [5.41, 5.74) is 0.911. The van der Waals surface area contributed by atoms with E-state index in [9.17, 15) is 9.59 Å². The van der Waals surface area contributed by atoms with Gasteiger partial charge in [0.25, 0.3) is 5.91 Å². The summed E-state index contributed by atoms with van der Waals surface area (Å²) in [7, 11) is 1.51. The molecule has 6 nitrogen and oxygen atoms in total. The van der Waals surface area contributed by atoms with Crippen molar-refractivity contribution in [1.29, 1.82) is 0 Å². The SMILES string of the molecule is COc1cc2ccccc2cc1C(=O)O[C@H](C(=O)N1CCOCC1)c1ccccc1. The minimum absolute atomic E-state index is 0.252. The van der Waals surface area contributed by atoms with Crippen LogP contribution in [0.4, 0.5) is 0 Å². The van der Waals surface area contributed by atoms with Crippen LogP contribution in [0, 0.1) is 0 Å². The zero-order chi connectivity index (χ0) is 20.9. The molecular formula is C24H23NO5. The summed E-state index contributed by atoms with van der Waals surface area (Å²) < 4.78 is 16.5. The Balaban J connectivity index is 1.66. The molecular weight excluding hydrogens is 382 g/mol. The van der Waals surface area contributed by atoms with Crippen molar-refractivity contribution >= 4 is 22.6 Å². The van der Waals surface area contributed by atoms with Crippen molar-refractivity contribution in [2.75, 3.05) is 33.4 Å². The van der Waals surface area contributed by atoms with Crippen molar-refractivity contribution < 1.29 is 23.8 Å². The van der Waals surface area contributed by atoms with Gasteiger partial charge in [0, 0.05) is 18.7 Å². The van der Waals surface area contributed by atoms with Gasteiger partial charge in [-0.05, 0) is 22.9 Å². The standard InChI is InChI=1S/C24H23NO5/c1-28-21-16-19-10-6-5-9-18(19)15-20(21)24(27)30-22(17-7-3-2-4-8-17)23(26)25-11-13-29-14-12-25/h2-10,15-16,22H,11-14H2,1H3/t22-/m0/s1. The molecule has 0 bridgehead atoms. The highest BCUT2D eigenvalue weighted by molar-refractivity contribution is 6.00. The van der Waals surface area contributed by atoms with Crippen molar-refractivity contribution in [2.24, 2.45) is 0 Å². The number of benzene rings is 3. The number of amides is 1. The lowest BCUT2D eigenvalue weighted by Crippen LogP contribution is -2.44. The molecule has 154 valence electrons. The summed E-state index contributed by atoms with van der Waals surface area (Å²) >= 11 is 0. The van der Waals surface area contributed by atoms with Crippen LogP contribution in [0.25, 0.3) is 10.8 Å². The summed E-state index contributed by atoms with van der Waals surface area (Å²) in [6.45, 7) is 1.89. The second-order valence-corrected chi connectivity index (χ2v) is 7.03. The van der Waals surface area contributed by atoms with E-state index >= 15 is 0 Å². The average molecular weight is 405 g/mol. The largest absolute Gasteiger partial charge is 0.496 e. The predicted octanol–water partition coefficient (Wildman–Crippen LogP) is 3.61. The van der Waals surface area contributed by atoms with Gasteiger partial charge < -0.3 is 19.1 Å². The molecule has 0 aromatic heterocycles. The van der Waals surface area contributed by atoms with Crippen molar-refractivity contribution in [3.8, 4) is 5.75 Å². The molecule has 0 aliphatic carbocycles. The molecule has 1 fully saturated rings. The van der Waals surface area contributed by atoms with E-state index in [0.29, 0.717) is 37.6 Å². The molecule has 6 heteroatoms. The molecule has 1 aliphatic rings. The van der Waals surface area contributed by atoms with E-state index in [0.717, 1.165) is 10.8 Å². The van der Waals surface area contributed by atoms with Gasteiger partial charge in [-0.2, -0.15) is 0 Å². The Labute approximate surface area is 175 Å². The molecule has 3 aromatic rings. The van der Waals surface area contributed by atoms with E-state index < -0.39 is 12.1 Å². The number of hydrogen-bond acceptors (Lipinski definition) is 5. The third-order valence-corrected chi connectivity index (χ3v) is 5.16. The number of ether oxygens (including phenoxy) is 3. The second-order valence-electron chi connectivity index (χ2n) is 7.03. The van der Waals surface area contributed by atoms with Crippen molar-refractivity contribution in [3.63, 3.8) is 0 Å². The number of morpholine rings is 1. The van der Waals surface area contributed by atoms with E-state index in [1.807, 2.05) is 42.5 Å². The summed E-state index contributed by atoms with van der Waals surface area (Å²) in [5, 5.41) is 1.84. The van der Waals surface area contributed by atoms with Crippen molar-refractivity contribution in [1.82, 2.24) is 4.90 Å². The van der Waals surface area contributed by atoms with Gasteiger partial charge >= 0.3 is 5.97 Å². The molecule has 0 spiro atoms. The van der Waals surface area contributed by atoms with Crippen LogP contribution in [0.15, 0.2) is 66.7 Å². The lowest BCUT2D eigenvalue weighted by Gasteiger charge is -2.30. The Hall–Kier alpha value is -3.38. The lowest BCUT2D eigenvalue weighted by atomic mass is 10.1. The summed E-state index contributed by atoms with van der Waals surface area (Å²) in [4.78, 5) is 28.0. The van der Waals surface area contributed by atoms with Gasteiger partial charge in [0.15, 0.2) is 0 Å². The normalized spacial score (nSPS) is 14.9. The first kappa shape index (κ1) is 19.9. The van der Waals surface area contributed by atoms with Gasteiger partial charge in [-0.1, -0.05) is 54.6 Å². The van der Waals surface area contributed by atoms with E-state index in [1.54, 1.807) is 29.2 Å². The number of carbonyl (C=O) groups is 2. The van der Waals surface area contributed by atoms with E-state index in [1.165, 1.54) is 7.11 Å². The highest BCUT2D eigenvalue weighted by Gasteiger charge is 2.31. The molecule has 1 heterocycles. The van der Waals surface area contributed by atoms with Crippen LogP contribution in [-0.2, 0) is 14.3 Å². The van der Waals surface area contributed by atoms with Gasteiger partial charge in [-0.3, -0.25) is 4.79 Å². The number of rotatable bonds is 5. The third-order valence-electron chi connectivity index (χ3n) is 5.16. The number of fused-ring (bicyclic) bond motifs is 1. The summed E-state index contributed by atoms with van der Waals surface area (Å²) in [6, 6.07) is 20.3. The number of methoxy groups -OCH3 is 1. The molecule has 4 rings (SSSR count). The van der Waals surface area contributed by atoms with Gasteiger partial charge in [-0.25, -0.2) is 4.79 Å². The lowest BCUT2D eigenvalue weighted by molar-refractivity contribution is -0.145. The zero-order valence-corrected chi connectivity index (χ0v) is 16.7. The smallest absolute Gasteiger partial charge is 0.343 e. The fraction of sp³-hybridized carbons (Fsp3) is 0.250. The first-order chi connectivity index (χ1) is 14.7. The van der Waals surface area contributed by atoms with Gasteiger partial charge in [0.05, 0.1) is 20.3 Å². The number of nitrogens with zero attached hydrogens (tertiary/aromatic N) is 1. The number of esters is 1. The Bertz CT molecular complexity index is 1040. The quantitative estimate of drug-likeness (QED) is 0.607. The van der Waals surface area contributed by atoms with Gasteiger partial charge in [0.1, 0.15) is 11.3 Å². The Morgan fingerprint density at radius 2 is 1.57 bits per heavy atom. The molecule has 3 aromatic carbocycles. The molecule has 1 saturated heterocycles. The maximum absolute atomic E-state index is 13.2. The number of hydrogen-bond donors (Lipinski definition) is 0. The molecule has 1 atom stereocenters. The zero-order valence-electron chi connectivity index (χ0n) is 16.7. The second kappa shape index (κ2) is 8.97. The highest BCUT2D eigenvalue weighted by Crippen LogP contribution is 2.29. The molecule has 30 heavy (non-hydrogen) atoms. The highest BCUT2D eigenvalue weighted by atomic mass is 16.6. The van der Waals surface area contributed by atoms with Crippen LogP contribution in [0.3, 0.4) is 0 Å². The van der Waals surface area contributed by atoms with Crippen LogP contribution in [0.1, 0.15) is 22.0 Å². The Morgan fingerprint density at radius 1 is 0.933 bits per heavy atom. The molecule has 0 radical (unpaired) electrons. The van der Waals surface area contributed by atoms with Crippen LogP contribution < -0.4 is 4.74 Å². The fourth-order valence-electron chi connectivity index (χ4n) is 3.56. The fourth-order valence-corrected chi connectivity index (χ4v) is 3.56. The Morgan fingerprint density at radius 3 is 2.23 bits per heavy atom. The molecule has 0 saturated carbocycles. The maximum atomic E-state index is 13.2. The topological polar surface area (TPSA) is 65.1 Å².